The number of aryl methyl sites for hydroxylation is 1. The molecule has 0 aliphatic heterocycles. The number of benzene rings is 2. The minimum absolute atomic E-state index is 0.0104. The van der Waals surface area contributed by atoms with Crippen molar-refractivity contribution in [3.8, 4) is 0 Å². The van der Waals surface area contributed by atoms with Crippen molar-refractivity contribution in [2.75, 3.05) is 6.54 Å². The summed E-state index contributed by atoms with van der Waals surface area (Å²) in [6.07, 6.45) is 0.917. The molecule has 1 heterocycles. The van der Waals surface area contributed by atoms with Gasteiger partial charge in [0, 0.05) is 26.1 Å². The van der Waals surface area contributed by atoms with Crippen molar-refractivity contribution >= 4 is 17.0 Å². The van der Waals surface area contributed by atoms with E-state index in [0.717, 1.165) is 11.4 Å². The molecular formula is C28H37N3O3. The first-order valence-electron chi connectivity index (χ1n) is 11.9. The maximum Gasteiger partial charge on any atom is 0.410 e. The molecule has 0 spiro atoms. The summed E-state index contributed by atoms with van der Waals surface area (Å²) in [6, 6.07) is 17.4. The number of amides is 1. The van der Waals surface area contributed by atoms with Crippen LogP contribution in [0.1, 0.15) is 59.4 Å². The van der Waals surface area contributed by atoms with E-state index in [0.29, 0.717) is 43.4 Å². The van der Waals surface area contributed by atoms with Gasteiger partial charge in [-0.05, 0) is 50.3 Å². The van der Waals surface area contributed by atoms with Crippen molar-refractivity contribution in [3.63, 3.8) is 0 Å². The molecule has 1 aromatic heterocycles. The Morgan fingerprint density at radius 3 is 2.26 bits per heavy atom. The molecule has 0 radical (unpaired) electrons. The van der Waals surface area contributed by atoms with Gasteiger partial charge >= 0.3 is 6.09 Å². The quantitative estimate of drug-likeness (QED) is 0.443. The smallest absolute Gasteiger partial charge is 0.410 e. The Bertz CT molecular complexity index is 1170. The molecule has 2 aromatic carbocycles. The second-order valence-electron chi connectivity index (χ2n) is 11.0. The van der Waals surface area contributed by atoms with Crippen molar-refractivity contribution < 1.29 is 9.53 Å². The van der Waals surface area contributed by atoms with E-state index in [2.05, 4.69) is 20.8 Å². The van der Waals surface area contributed by atoms with Gasteiger partial charge in [-0.2, -0.15) is 0 Å². The van der Waals surface area contributed by atoms with Crippen LogP contribution in [0.3, 0.4) is 0 Å². The van der Waals surface area contributed by atoms with Gasteiger partial charge in [-0.3, -0.25) is 9.36 Å². The Hall–Kier alpha value is -3.15. The zero-order chi connectivity index (χ0) is 24.9. The molecule has 0 saturated heterocycles. The number of carbonyl (C=O) groups excluding carboxylic acids is 1. The van der Waals surface area contributed by atoms with Gasteiger partial charge in [0.25, 0.3) is 5.56 Å². The summed E-state index contributed by atoms with van der Waals surface area (Å²) in [5.41, 5.74) is 1.10. The van der Waals surface area contributed by atoms with E-state index in [-0.39, 0.29) is 17.1 Å². The summed E-state index contributed by atoms with van der Waals surface area (Å²) in [7, 11) is 0. The molecule has 182 valence electrons. The van der Waals surface area contributed by atoms with Crippen molar-refractivity contribution in [3.05, 3.63) is 76.3 Å². The van der Waals surface area contributed by atoms with Gasteiger partial charge in [0.15, 0.2) is 0 Å². The Morgan fingerprint density at radius 2 is 1.62 bits per heavy atom. The highest BCUT2D eigenvalue weighted by molar-refractivity contribution is 5.77. The van der Waals surface area contributed by atoms with Crippen LogP contribution in [-0.2, 0) is 24.2 Å². The van der Waals surface area contributed by atoms with Crippen LogP contribution in [0, 0.1) is 5.41 Å². The average molecular weight is 464 g/mol. The predicted molar refractivity (Wildman–Crippen MR) is 137 cm³/mol. The Labute approximate surface area is 202 Å². The average Bonchev–Trinajstić information content (AvgIpc) is 2.74. The lowest BCUT2D eigenvalue weighted by molar-refractivity contribution is 0.0231. The van der Waals surface area contributed by atoms with Gasteiger partial charge in [0.2, 0.25) is 0 Å². The monoisotopic (exact) mass is 463 g/mol. The third kappa shape index (κ3) is 7.17. The highest BCUT2D eigenvalue weighted by Gasteiger charge is 2.23. The second kappa shape index (κ2) is 10.4. The fraction of sp³-hybridized carbons (Fsp3) is 0.464. The number of carbonyl (C=O) groups is 1. The number of fused-ring (bicyclic) bond motifs is 1. The predicted octanol–water partition coefficient (Wildman–Crippen LogP) is 5.81. The summed E-state index contributed by atoms with van der Waals surface area (Å²) in [6.45, 7) is 13.5. The standard InChI is InChI=1S/C28H37N3O3/c1-27(2,3)20-31-24(29-23-16-11-10-15-22(23)25(31)32)17-12-18-30(26(33)34-28(4,5)6)19-21-13-8-7-9-14-21/h7-11,13-16H,12,17-20H2,1-6H3. The summed E-state index contributed by atoms with van der Waals surface area (Å²) >= 11 is 0. The molecule has 34 heavy (non-hydrogen) atoms. The van der Waals surface area contributed by atoms with Gasteiger partial charge in [-0.1, -0.05) is 63.2 Å². The van der Waals surface area contributed by atoms with Crippen molar-refractivity contribution in [1.82, 2.24) is 14.5 Å². The topological polar surface area (TPSA) is 64.4 Å². The maximum absolute atomic E-state index is 13.3. The van der Waals surface area contributed by atoms with Crippen LogP contribution in [-0.4, -0.2) is 32.7 Å². The van der Waals surface area contributed by atoms with Gasteiger partial charge in [0.1, 0.15) is 11.4 Å². The molecule has 0 bridgehead atoms. The van der Waals surface area contributed by atoms with E-state index in [1.807, 2.05) is 75.4 Å². The van der Waals surface area contributed by atoms with E-state index in [9.17, 15) is 9.59 Å². The first kappa shape index (κ1) is 25.5. The molecule has 0 fully saturated rings. The lowest BCUT2D eigenvalue weighted by Gasteiger charge is -2.28. The number of hydrogen-bond acceptors (Lipinski definition) is 4. The maximum atomic E-state index is 13.3. The molecule has 0 unspecified atom stereocenters. The molecular weight excluding hydrogens is 426 g/mol. The molecule has 0 aliphatic rings. The number of aromatic nitrogens is 2. The lowest BCUT2D eigenvalue weighted by Crippen LogP contribution is -2.37. The van der Waals surface area contributed by atoms with Crippen LogP contribution in [0.25, 0.3) is 10.9 Å². The lowest BCUT2D eigenvalue weighted by atomic mass is 9.96. The molecule has 6 nitrogen and oxygen atoms in total. The molecule has 0 saturated carbocycles. The van der Waals surface area contributed by atoms with Crippen molar-refractivity contribution in [1.29, 1.82) is 0 Å². The molecule has 0 atom stereocenters. The largest absolute Gasteiger partial charge is 0.444 e. The highest BCUT2D eigenvalue weighted by atomic mass is 16.6. The van der Waals surface area contributed by atoms with Crippen molar-refractivity contribution in [2.24, 2.45) is 5.41 Å². The fourth-order valence-electron chi connectivity index (χ4n) is 3.84. The van der Waals surface area contributed by atoms with E-state index < -0.39 is 5.60 Å². The van der Waals surface area contributed by atoms with Gasteiger partial charge in [0.05, 0.1) is 10.9 Å². The Morgan fingerprint density at radius 1 is 0.971 bits per heavy atom. The Kier molecular flexibility index (Phi) is 7.80. The van der Waals surface area contributed by atoms with E-state index in [1.54, 1.807) is 9.47 Å². The minimum Gasteiger partial charge on any atom is -0.444 e. The summed E-state index contributed by atoms with van der Waals surface area (Å²) < 4.78 is 7.46. The van der Waals surface area contributed by atoms with Crippen LogP contribution in [0.4, 0.5) is 4.79 Å². The highest BCUT2D eigenvalue weighted by Crippen LogP contribution is 2.19. The molecule has 6 heteroatoms. The first-order chi connectivity index (χ1) is 15.9. The Balaban J connectivity index is 1.83. The number of rotatable bonds is 7. The van der Waals surface area contributed by atoms with Crippen LogP contribution in [0.15, 0.2) is 59.4 Å². The van der Waals surface area contributed by atoms with Crippen molar-refractivity contribution in [2.45, 2.75) is 73.1 Å². The zero-order valence-corrected chi connectivity index (χ0v) is 21.3. The summed E-state index contributed by atoms with van der Waals surface area (Å²) in [5, 5.41) is 0.634. The van der Waals surface area contributed by atoms with E-state index in [4.69, 9.17) is 9.72 Å². The second-order valence-corrected chi connectivity index (χ2v) is 11.0. The molecule has 3 rings (SSSR count). The SMILES string of the molecule is CC(C)(C)Cn1c(CCCN(Cc2ccccc2)C(=O)OC(C)(C)C)nc2ccccc2c1=O. The summed E-state index contributed by atoms with van der Waals surface area (Å²) in [5.74, 6) is 0.752. The third-order valence-electron chi connectivity index (χ3n) is 5.27. The molecule has 0 N–H and O–H groups in total. The number of ether oxygens (including phenoxy) is 1. The normalized spacial score (nSPS) is 12.1. The number of para-hydroxylation sites is 1. The van der Waals surface area contributed by atoms with Crippen LogP contribution >= 0.6 is 0 Å². The van der Waals surface area contributed by atoms with Gasteiger partial charge in [-0.25, -0.2) is 9.78 Å². The van der Waals surface area contributed by atoms with E-state index >= 15 is 0 Å². The van der Waals surface area contributed by atoms with Gasteiger partial charge in [-0.15, -0.1) is 0 Å². The van der Waals surface area contributed by atoms with Gasteiger partial charge < -0.3 is 9.64 Å². The van der Waals surface area contributed by atoms with E-state index in [1.165, 1.54) is 0 Å². The minimum atomic E-state index is -0.570. The van der Waals surface area contributed by atoms with Crippen LogP contribution < -0.4 is 5.56 Å². The summed E-state index contributed by atoms with van der Waals surface area (Å²) in [4.78, 5) is 32.8. The number of nitrogens with zero attached hydrogens (tertiary/aromatic N) is 3. The van der Waals surface area contributed by atoms with Crippen LogP contribution in [0.5, 0.6) is 0 Å². The van der Waals surface area contributed by atoms with Crippen LogP contribution in [0.2, 0.25) is 0 Å². The fourth-order valence-corrected chi connectivity index (χ4v) is 3.84. The third-order valence-corrected chi connectivity index (χ3v) is 5.27. The molecule has 3 aromatic rings. The number of hydrogen-bond donors (Lipinski definition) is 0. The first-order valence-corrected chi connectivity index (χ1v) is 11.9. The molecule has 0 aliphatic carbocycles. The zero-order valence-electron chi connectivity index (χ0n) is 21.3. The molecule has 1 amide bonds.